The van der Waals surface area contributed by atoms with E-state index in [0.717, 1.165) is 29.7 Å². The number of thioether (sulfide) groups is 1. The third-order valence-electron chi connectivity index (χ3n) is 9.49. The van der Waals surface area contributed by atoms with E-state index in [1.54, 1.807) is 23.4 Å². The summed E-state index contributed by atoms with van der Waals surface area (Å²) in [7, 11) is 0. The smallest absolute Gasteiger partial charge is 0.270 e. The average Bonchev–Trinajstić information content (AvgIpc) is 3.14. The number of hydrogen-bond donors (Lipinski definition) is 4. The third kappa shape index (κ3) is 10.6. The minimum Gasteiger partial charge on any atom is -0.389 e. The monoisotopic (exact) mass is 724 g/mol. The van der Waals surface area contributed by atoms with Gasteiger partial charge in [0.05, 0.1) is 23.7 Å². The molecule has 10 nitrogen and oxygen atoms in total. The molecule has 1 saturated heterocycles. The second kappa shape index (κ2) is 17.9. The fourth-order valence-corrected chi connectivity index (χ4v) is 7.71. The number of aliphatic hydroxyl groups excluding tert-OH is 1. The Bertz CT molecular complexity index is 1780. The number of para-hydroxylation sites is 1. The van der Waals surface area contributed by atoms with Crippen LogP contribution in [-0.4, -0.2) is 85.8 Å². The van der Waals surface area contributed by atoms with Gasteiger partial charge in [-0.15, -0.1) is 0 Å². The number of rotatable bonds is 14. The Morgan fingerprint density at radius 3 is 2.37 bits per heavy atom. The van der Waals surface area contributed by atoms with Crippen LogP contribution >= 0.6 is 11.8 Å². The first-order valence-corrected chi connectivity index (χ1v) is 19.2. The van der Waals surface area contributed by atoms with Crippen LogP contribution in [0.1, 0.15) is 69.1 Å². The van der Waals surface area contributed by atoms with E-state index in [2.05, 4.69) is 25.9 Å². The molecule has 2 aromatic heterocycles. The van der Waals surface area contributed by atoms with E-state index in [1.807, 2.05) is 119 Å². The van der Waals surface area contributed by atoms with Crippen LogP contribution < -0.4 is 16.0 Å². The van der Waals surface area contributed by atoms with E-state index >= 15 is 0 Å². The number of carbonyl (C=O) groups is 3. The molecule has 1 aliphatic rings. The summed E-state index contributed by atoms with van der Waals surface area (Å²) in [6.07, 6.45) is 4.48. The lowest BCUT2D eigenvalue weighted by atomic mass is 9.95. The Morgan fingerprint density at radius 2 is 1.65 bits per heavy atom. The first-order chi connectivity index (χ1) is 24.9. The van der Waals surface area contributed by atoms with Crippen molar-refractivity contribution in [3.63, 3.8) is 0 Å². The second-order valence-electron chi connectivity index (χ2n) is 14.9. The van der Waals surface area contributed by atoms with Gasteiger partial charge in [-0.05, 0) is 87.9 Å². The number of aliphatic hydroxyl groups is 1. The number of nitrogens with one attached hydrogen (secondary N) is 3. The normalized spacial score (nSPS) is 18.0. The predicted molar refractivity (Wildman–Crippen MR) is 208 cm³/mol. The molecule has 276 valence electrons. The molecular formula is C41H52N6O4S. The molecule has 0 radical (unpaired) electrons. The van der Waals surface area contributed by atoms with Crippen LogP contribution in [0.2, 0.25) is 0 Å². The molecule has 2 aromatic carbocycles. The fourth-order valence-electron chi connectivity index (χ4n) is 6.48. The van der Waals surface area contributed by atoms with E-state index in [4.69, 9.17) is 0 Å². The number of benzene rings is 2. The van der Waals surface area contributed by atoms with E-state index in [0.29, 0.717) is 23.6 Å². The number of piperidine rings is 1. The Morgan fingerprint density at radius 1 is 0.942 bits per heavy atom. The van der Waals surface area contributed by atoms with Gasteiger partial charge in [0.1, 0.15) is 11.7 Å². The lowest BCUT2D eigenvalue weighted by Gasteiger charge is -2.42. The summed E-state index contributed by atoms with van der Waals surface area (Å²) in [5, 5.41) is 22.5. The summed E-state index contributed by atoms with van der Waals surface area (Å²) in [6.45, 7) is 10.4. The quantitative estimate of drug-likeness (QED) is 0.140. The van der Waals surface area contributed by atoms with Crippen molar-refractivity contribution in [2.45, 2.75) is 94.7 Å². The zero-order valence-corrected chi connectivity index (χ0v) is 31.6. The molecule has 5 atom stereocenters. The molecule has 0 bridgehead atoms. The number of aromatic nitrogens is 2. The molecule has 4 N–H and O–H groups in total. The van der Waals surface area contributed by atoms with Gasteiger partial charge in [-0.3, -0.25) is 19.4 Å². The maximum atomic E-state index is 14.2. The maximum absolute atomic E-state index is 14.2. The molecule has 1 fully saturated rings. The average molecular weight is 725 g/mol. The highest BCUT2D eigenvalue weighted by atomic mass is 32.2. The van der Waals surface area contributed by atoms with Gasteiger partial charge in [0, 0.05) is 40.9 Å². The summed E-state index contributed by atoms with van der Waals surface area (Å²) in [6, 6.07) is 22.7. The molecule has 52 heavy (non-hydrogen) atoms. The van der Waals surface area contributed by atoms with Crippen molar-refractivity contribution < 1.29 is 19.5 Å². The van der Waals surface area contributed by atoms with Crippen molar-refractivity contribution in [3.8, 4) is 0 Å². The van der Waals surface area contributed by atoms with Crippen molar-refractivity contribution in [2.24, 2.45) is 5.92 Å². The van der Waals surface area contributed by atoms with Crippen LogP contribution in [0, 0.1) is 5.92 Å². The van der Waals surface area contributed by atoms with Gasteiger partial charge in [0.2, 0.25) is 11.8 Å². The first kappa shape index (κ1) is 38.9. The van der Waals surface area contributed by atoms with Gasteiger partial charge in [-0.25, -0.2) is 4.98 Å². The SMILES string of the molecule is CC(C)[C@H](NC(=O)c1ccc2ccccc2n1)C(=O)N[C@@H](Cc1ccccc1)[C@H](O)CN(C(=O)C1C[C@H](SCc2ccncc2)CCN1)C(C)(C)C. The first-order valence-electron chi connectivity index (χ1n) is 18.1. The molecule has 1 aliphatic heterocycles. The standard InChI is InChI=1S/C41H52N6O4S/c1-27(2)37(46-38(49)33-16-15-30-13-9-10-14-32(30)44-33)39(50)45-34(23-28-11-7-6-8-12-28)36(48)25-47(41(3,4)5)40(51)35-24-31(19-22-43-35)52-26-29-17-20-42-21-18-29/h6-18,20-21,27,31,34-37,43,48H,19,22-26H2,1-5H3,(H,45,50)(H,46,49)/t31-,34+,35?,36-,37+/m1/s1. The summed E-state index contributed by atoms with van der Waals surface area (Å²) < 4.78 is 0. The van der Waals surface area contributed by atoms with Crippen LogP contribution in [0.25, 0.3) is 10.9 Å². The number of carbonyl (C=O) groups excluding carboxylic acids is 3. The van der Waals surface area contributed by atoms with Crippen molar-refractivity contribution in [2.75, 3.05) is 13.1 Å². The van der Waals surface area contributed by atoms with Gasteiger partial charge >= 0.3 is 0 Å². The van der Waals surface area contributed by atoms with E-state index < -0.39 is 35.5 Å². The van der Waals surface area contributed by atoms with Crippen LogP contribution in [-0.2, 0) is 21.8 Å². The zero-order chi connectivity index (χ0) is 37.3. The summed E-state index contributed by atoms with van der Waals surface area (Å²) in [5.74, 6) is -0.343. The number of fused-ring (bicyclic) bond motifs is 1. The predicted octanol–water partition coefficient (Wildman–Crippen LogP) is 5.15. The van der Waals surface area contributed by atoms with Gasteiger partial charge in [0.15, 0.2) is 0 Å². The summed E-state index contributed by atoms with van der Waals surface area (Å²) in [5.41, 5.74) is 2.43. The lowest BCUT2D eigenvalue weighted by molar-refractivity contribution is -0.141. The molecule has 0 aliphatic carbocycles. The molecular weight excluding hydrogens is 673 g/mol. The van der Waals surface area contributed by atoms with Gasteiger partial charge < -0.3 is 26.0 Å². The van der Waals surface area contributed by atoms with Crippen LogP contribution in [0.5, 0.6) is 0 Å². The molecule has 3 heterocycles. The van der Waals surface area contributed by atoms with E-state index in [1.165, 1.54) is 5.56 Å². The van der Waals surface area contributed by atoms with Crippen molar-refractivity contribution in [1.29, 1.82) is 0 Å². The number of amides is 3. The maximum Gasteiger partial charge on any atom is 0.270 e. The number of nitrogens with zero attached hydrogens (tertiary/aromatic N) is 3. The molecule has 1 unspecified atom stereocenters. The highest BCUT2D eigenvalue weighted by Crippen LogP contribution is 2.28. The van der Waals surface area contributed by atoms with Crippen molar-refractivity contribution >= 4 is 40.4 Å². The molecule has 3 amide bonds. The van der Waals surface area contributed by atoms with Crippen LogP contribution in [0.3, 0.4) is 0 Å². The Balaban J connectivity index is 1.30. The van der Waals surface area contributed by atoms with E-state index in [9.17, 15) is 19.5 Å². The lowest BCUT2D eigenvalue weighted by Crippen LogP contribution is -2.61. The highest BCUT2D eigenvalue weighted by Gasteiger charge is 2.38. The molecule has 11 heteroatoms. The van der Waals surface area contributed by atoms with Crippen molar-refractivity contribution in [3.05, 3.63) is 108 Å². The number of hydrogen-bond acceptors (Lipinski definition) is 8. The van der Waals surface area contributed by atoms with Crippen LogP contribution in [0.4, 0.5) is 0 Å². The zero-order valence-electron chi connectivity index (χ0n) is 30.8. The number of pyridine rings is 2. The minimum atomic E-state index is -1.10. The molecule has 0 spiro atoms. The fraction of sp³-hybridized carbons (Fsp3) is 0.439. The second-order valence-corrected chi connectivity index (χ2v) is 16.2. The van der Waals surface area contributed by atoms with Gasteiger partial charge in [-0.2, -0.15) is 11.8 Å². The van der Waals surface area contributed by atoms with Crippen LogP contribution in [0.15, 0.2) is 91.3 Å². The Kier molecular flexibility index (Phi) is 13.4. The largest absolute Gasteiger partial charge is 0.389 e. The van der Waals surface area contributed by atoms with E-state index in [-0.39, 0.29) is 30.1 Å². The third-order valence-corrected chi connectivity index (χ3v) is 10.9. The van der Waals surface area contributed by atoms with Gasteiger partial charge in [-0.1, -0.05) is 68.4 Å². The summed E-state index contributed by atoms with van der Waals surface area (Å²) >= 11 is 1.86. The van der Waals surface area contributed by atoms with Crippen molar-refractivity contribution in [1.82, 2.24) is 30.8 Å². The Labute approximate surface area is 311 Å². The molecule has 5 rings (SSSR count). The highest BCUT2D eigenvalue weighted by molar-refractivity contribution is 7.99. The van der Waals surface area contributed by atoms with Gasteiger partial charge in [0.25, 0.3) is 5.91 Å². The minimum absolute atomic E-state index is 0.0207. The Hall–Kier alpha value is -4.32. The number of β-amino-alcohol motifs (C(OH)–C–C–N with tert-alkyl or cyclic N) is 1. The topological polar surface area (TPSA) is 137 Å². The molecule has 4 aromatic rings. The molecule has 0 saturated carbocycles. The summed E-state index contributed by atoms with van der Waals surface area (Å²) in [4.78, 5) is 51.9.